The van der Waals surface area contributed by atoms with Gasteiger partial charge in [0.1, 0.15) is 17.8 Å². The van der Waals surface area contributed by atoms with Crippen molar-refractivity contribution in [1.29, 1.82) is 0 Å². The predicted molar refractivity (Wildman–Crippen MR) is 80.4 cm³/mol. The van der Waals surface area contributed by atoms with Crippen LogP contribution >= 0.6 is 0 Å². The first-order valence-electron chi connectivity index (χ1n) is 6.50. The van der Waals surface area contributed by atoms with Gasteiger partial charge in [0, 0.05) is 31.8 Å². The van der Waals surface area contributed by atoms with Crippen molar-refractivity contribution in [2.45, 2.75) is 6.42 Å². The fourth-order valence-electron chi connectivity index (χ4n) is 1.85. The van der Waals surface area contributed by atoms with E-state index >= 15 is 0 Å². The quantitative estimate of drug-likeness (QED) is 0.841. The standard InChI is InChI=1S/C15H13FN2O2.CH4O/c1-17-15(20)14-7-10(9-19)6-12(18-14)8-11-4-2-3-5-13(11)16;1-2/h2-7,9H,8H2,1H3,(H,17,20);2H,1H3. The van der Waals surface area contributed by atoms with Crippen LogP contribution in [0.15, 0.2) is 36.4 Å². The van der Waals surface area contributed by atoms with Gasteiger partial charge in [-0.2, -0.15) is 0 Å². The van der Waals surface area contributed by atoms with Gasteiger partial charge in [-0.3, -0.25) is 9.59 Å². The third-order valence-corrected chi connectivity index (χ3v) is 2.83. The van der Waals surface area contributed by atoms with Crippen molar-refractivity contribution in [3.63, 3.8) is 0 Å². The largest absolute Gasteiger partial charge is 0.400 e. The average molecular weight is 304 g/mol. The number of hydrogen-bond acceptors (Lipinski definition) is 4. The molecule has 0 saturated heterocycles. The number of halogens is 1. The topological polar surface area (TPSA) is 79.3 Å². The minimum Gasteiger partial charge on any atom is -0.400 e. The highest BCUT2D eigenvalue weighted by Crippen LogP contribution is 2.13. The fraction of sp³-hybridized carbons (Fsp3) is 0.188. The summed E-state index contributed by atoms with van der Waals surface area (Å²) in [7, 11) is 2.48. The number of aliphatic hydroxyl groups is 1. The molecule has 0 aliphatic carbocycles. The summed E-state index contributed by atoms with van der Waals surface area (Å²) in [6.45, 7) is 0. The van der Waals surface area contributed by atoms with Crippen molar-refractivity contribution in [2.75, 3.05) is 14.2 Å². The zero-order valence-electron chi connectivity index (χ0n) is 12.3. The van der Waals surface area contributed by atoms with Crippen molar-refractivity contribution in [3.8, 4) is 0 Å². The van der Waals surface area contributed by atoms with Gasteiger partial charge in [-0.15, -0.1) is 0 Å². The van der Waals surface area contributed by atoms with E-state index in [4.69, 9.17) is 5.11 Å². The summed E-state index contributed by atoms with van der Waals surface area (Å²) in [5.41, 5.74) is 1.41. The van der Waals surface area contributed by atoms with Crippen molar-refractivity contribution in [3.05, 3.63) is 64.7 Å². The van der Waals surface area contributed by atoms with Crippen LogP contribution in [0.4, 0.5) is 4.39 Å². The number of hydrogen-bond donors (Lipinski definition) is 2. The van der Waals surface area contributed by atoms with Crippen molar-refractivity contribution in [1.82, 2.24) is 10.3 Å². The molecule has 2 rings (SSSR count). The van der Waals surface area contributed by atoms with Crippen molar-refractivity contribution >= 4 is 12.2 Å². The van der Waals surface area contributed by atoms with Gasteiger partial charge in [0.25, 0.3) is 5.91 Å². The van der Waals surface area contributed by atoms with E-state index in [9.17, 15) is 14.0 Å². The van der Waals surface area contributed by atoms with Crippen LogP contribution in [-0.2, 0) is 6.42 Å². The van der Waals surface area contributed by atoms with Crippen LogP contribution in [0.25, 0.3) is 0 Å². The summed E-state index contributed by atoms with van der Waals surface area (Å²) in [6, 6.07) is 9.27. The van der Waals surface area contributed by atoms with E-state index < -0.39 is 0 Å². The Hall–Kier alpha value is -2.60. The lowest BCUT2D eigenvalue weighted by atomic mass is 10.1. The Morgan fingerprint density at radius 3 is 2.59 bits per heavy atom. The monoisotopic (exact) mass is 304 g/mol. The van der Waals surface area contributed by atoms with Gasteiger partial charge in [-0.25, -0.2) is 9.37 Å². The molecule has 0 fully saturated rings. The van der Waals surface area contributed by atoms with E-state index in [0.717, 1.165) is 7.11 Å². The second kappa shape index (κ2) is 8.63. The molecule has 0 aliphatic heterocycles. The molecule has 1 aromatic heterocycles. The molecule has 0 spiro atoms. The molecule has 0 radical (unpaired) electrons. The molecule has 6 heteroatoms. The Bertz CT molecular complexity index is 660. The Labute approximate surface area is 127 Å². The summed E-state index contributed by atoms with van der Waals surface area (Å²) in [5.74, 6) is -0.726. The number of aliphatic hydroxyl groups excluding tert-OH is 1. The molecule has 1 amide bonds. The summed E-state index contributed by atoms with van der Waals surface area (Å²) in [6.07, 6.45) is 0.858. The summed E-state index contributed by atoms with van der Waals surface area (Å²) < 4.78 is 13.6. The third kappa shape index (κ3) is 4.46. The van der Waals surface area contributed by atoms with Gasteiger partial charge in [0.2, 0.25) is 0 Å². The van der Waals surface area contributed by atoms with Crippen LogP contribution in [0.5, 0.6) is 0 Å². The Kier molecular flexibility index (Phi) is 6.85. The third-order valence-electron chi connectivity index (χ3n) is 2.83. The molecule has 0 bridgehead atoms. The Morgan fingerprint density at radius 1 is 1.32 bits per heavy atom. The van der Waals surface area contributed by atoms with Gasteiger partial charge in [-0.05, 0) is 23.8 Å². The summed E-state index contributed by atoms with van der Waals surface area (Å²) >= 11 is 0. The first-order valence-corrected chi connectivity index (χ1v) is 6.50. The molecule has 0 saturated carbocycles. The highest BCUT2D eigenvalue weighted by Gasteiger charge is 2.10. The van der Waals surface area contributed by atoms with Gasteiger partial charge >= 0.3 is 0 Å². The number of nitrogens with zero attached hydrogens (tertiary/aromatic N) is 1. The zero-order chi connectivity index (χ0) is 16.5. The number of nitrogens with one attached hydrogen (secondary N) is 1. The number of aldehydes is 1. The fourth-order valence-corrected chi connectivity index (χ4v) is 1.85. The highest BCUT2D eigenvalue weighted by atomic mass is 19.1. The first-order chi connectivity index (χ1) is 10.6. The van der Waals surface area contributed by atoms with Gasteiger partial charge < -0.3 is 10.4 Å². The molecule has 22 heavy (non-hydrogen) atoms. The van der Waals surface area contributed by atoms with E-state index in [1.807, 2.05) is 0 Å². The Balaban J connectivity index is 0.00000116. The smallest absolute Gasteiger partial charge is 0.269 e. The molecular formula is C16H17FN2O3. The molecule has 2 aromatic rings. The molecule has 0 unspecified atom stereocenters. The van der Waals surface area contributed by atoms with Crippen LogP contribution < -0.4 is 5.32 Å². The number of amides is 1. The molecule has 1 heterocycles. The lowest BCUT2D eigenvalue weighted by Gasteiger charge is -2.06. The van der Waals surface area contributed by atoms with E-state index in [0.29, 0.717) is 23.1 Å². The lowest BCUT2D eigenvalue weighted by molar-refractivity contribution is 0.0958. The molecule has 0 atom stereocenters. The van der Waals surface area contributed by atoms with Gasteiger partial charge in [-0.1, -0.05) is 18.2 Å². The second-order valence-electron chi connectivity index (χ2n) is 4.24. The zero-order valence-corrected chi connectivity index (χ0v) is 12.3. The second-order valence-corrected chi connectivity index (χ2v) is 4.24. The van der Waals surface area contributed by atoms with Crippen LogP contribution in [0, 0.1) is 5.82 Å². The molecule has 0 aliphatic rings. The number of aromatic nitrogens is 1. The maximum Gasteiger partial charge on any atom is 0.269 e. The minimum absolute atomic E-state index is 0.142. The minimum atomic E-state index is -0.386. The van der Waals surface area contributed by atoms with Crippen LogP contribution in [0.2, 0.25) is 0 Å². The van der Waals surface area contributed by atoms with Gasteiger partial charge in [0.05, 0.1) is 0 Å². The maximum absolute atomic E-state index is 13.6. The molecule has 1 aromatic carbocycles. The van der Waals surface area contributed by atoms with E-state index in [2.05, 4.69) is 10.3 Å². The Morgan fingerprint density at radius 2 is 2.00 bits per heavy atom. The highest BCUT2D eigenvalue weighted by molar-refractivity contribution is 5.93. The van der Waals surface area contributed by atoms with E-state index in [-0.39, 0.29) is 23.8 Å². The van der Waals surface area contributed by atoms with Crippen LogP contribution in [0.1, 0.15) is 32.1 Å². The molecule has 116 valence electrons. The molecule has 2 N–H and O–H groups in total. The normalized spacial score (nSPS) is 9.45. The van der Waals surface area contributed by atoms with Crippen molar-refractivity contribution < 1.29 is 19.1 Å². The number of carbonyl (C=O) groups excluding carboxylic acids is 2. The predicted octanol–water partition coefficient (Wildman–Crippen LogP) is 1.59. The van der Waals surface area contributed by atoms with E-state index in [1.165, 1.54) is 19.2 Å². The van der Waals surface area contributed by atoms with Crippen LogP contribution in [0.3, 0.4) is 0 Å². The molecular weight excluding hydrogens is 287 g/mol. The lowest BCUT2D eigenvalue weighted by Crippen LogP contribution is -2.20. The summed E-state index contributed by atoms with van der Waals surface area (Å²) in [4.78, 5) is 26.6. The van der Waals surface area contributed by atoms with Crippen molar-refractivity contribution in [2.24, 2.45) is 0 Å². The average Bonchev–Trinajstić information content (AvgIpc) is 2.57. The van der Waals surface area contributed by atoms with Crippen LogP contribution in [-0.4, -0.2) is 36.4 Å². The number of carbonyl (C=O) groups is 2. The summed E-state index contributed by atoms with van der Waals surface area (Å²) in [5, 5.41) is 9.44. The van der Waals surface area contributed by atoms with E-state index in [1.54, 1.807) is 24.3 Å². The maximum atomic E-state index is 13.6. The number of pyridine rings is 1. The SMILES string of the molecule is CNC(=O)c1cc(C=O)cc(Cc2ccccc2F)n1.CO. The number of rotatable bonds is 4. The van der Waals surface area contributed by atoms with Gasteiger partial charge in [0.15, 0.2) is 0 Å². The molecule has 5 nitrogen and oxygen atoms in total. The number of benzene rings is 1. The first kappa shape index (κ1) is 17.5.